The Balaban J connectivity index is 2.07. The van der Waals surface area contributed by atoms with Crippen molar-refractivity contribution in [3.8, 4) is 0 Å². The van der Waals surface area contributed by atoms with Crippen molar-refractivity contribution in [1.82, 2.24) is 15.5 Å². The number of rotatable bonds is 6. The Kier molecular flexibility index (Phi) is 5.80. The number of likely N-dealkylation sites (tertiary alicyclic amines) is 1. The van der Waals surface area contributed by atoms with Crippen molar-refractivity contribution in [3.05, 3.63) is 35.6 Å². The molecule has 0 aromatic heterocycles. The van der Waals surface area contributed by atoms with E-state index in [0.29, 0.717) is 24.9 Å². The van der Waals surface area contributed by atoms with Gasteiger partial charge in [-0.2, -0.15) is 0 Å². The Morgan fingerprint density at radius 1 is 1.40 bits per heavy atom. The van der Waals surface area contributed by atoms with E-state index in [-0.39, 0.29) is 24.8 Å². The van der Waals surface area contributed by atoms with Gasteiger partial charge in [-0.25, -0.2) is 4.39 Å². The molecule has 1 atom stereocenters. The highest BCUT2D eigenvalue weighted by molar-refractivity contribution is 5.87. The molecule has 2 amide bonds. The van der Waals surface area contributed by atoms with E-state index in [1.807, 2.05) is 0 Å². The Labute approximate surface area is 147 Å². The summed E-state index contributed by atoms with van der Waals surface area (Å²) < 4.78 is 13.8. The normalized spacial score (nSPS) is 21.3. The summed E-state index contributed by atoms with van der Waals surface area (Å²) in [5.41, 5.74) is -2.10. The summed E-state index contributed by atoms with van der Waals surface area (Å²) in [5.74, 6) is -1.05. The average molecular weight is 351 g/mol. The summed E-state index contributed by atoms with van der Waals surface area (Å²) in [5, 5.41) is 16.3. The molecule has 1 saturated heterocycles. The number of nitrogens with one attached hydrogen (secondary N) is 2. The van der Waals surface area contributed by atoms with Gasteiger partial charge in [-0.05, 0) is 32.8 Å². The van der Waals surface area contributed by atoms with Crippen LogP contribution in [0.2, 0.25) is 0 Å². The fraction of sp³-hybridized carbons (Fsp3) is 0.556. The number of carbonyl (C=O) groups is 2. The number of hydrogen-bond donors (Lipinski definition) is 3. The molecule has 1 unspecified atom stereocenters. The molecular formula is C18H26FN3O3. The predicted molar refractivity (Wildman–Crippen MR) is 92.1 cm³/mol. The zero-order chi connectivity index (χ0) is 18.7. The first-order valence-corrected chi connectivity index (χ1v) is 8.42. The van der Waals surface area contributed by atoms with E-state index in [1.165, 1.54) is 18.0 Å². The topological polar surface area (TPSA) is 81.7 Å². The van der Waals surface area contributed by atoms with Gasteiger partial charge < -0.3 is 20.6 Å². The Bertz CT molecular complexity index is 650. The maximum atomic E-state index is 13.8. The Morgan fingerprint density at radius 2 is 2.08 bits per heavy atom. The molecule has 1 heterocycles. The van der Waals surface area contributed by atoms with E-state index >= 15 is 0 Å². The lowest BCUT2D eigenvalue weighted by Crippen LogP contribution is -2.62. The maximum Gasteiger partial charge on any atom is 0.256 e. The van der Waals surface area contributed by atoms with Crippen molar-refractivity contribution in [2.24, 2.45) is 0 Å². The van der Waals surface area contributed by atoms with Crippen LogP contribution in [0.1, 0.15) is 32.3 Å². The quantitative estimate of drug-likeness (QED) is 0.708. The van der Waals surface area contributed by atoms with Gasteiger partial charge >= 0.3 is 0 Å². The molecule has 0 aliphatic carbocycles. The van der Waals surface area contributed by atoms with Crippen molar-refractivity contribution >= 4 is 11.8 Å². The zero-order valence-electron chi connectivity index (χ0n) is 14.9. The third-order valence-electron chi connectivity index (χ3n) is 4.64. The van der Waals surface area contributed by atoms with E-state index in [2.05, 4.69) is 10.6 Å². The van der Waals surface area contributed by atoms with Crippen molar-refractivity contribution < 1.29 is 19.1 Å². The maximum absolute atomic E-state index is 13.8. The van der Waals surface area contributed by atoms with Crippen molar-refractivity contribution in [3.63, 3.8) is 0 Å². The van der Waals surface area contributed by atoms with Crippen LogP contribution >= 0.6 is 0 Å². The van der Waals surface area contributed by atoms with Crippen molar-refractivity contribution in [2.75, 3.05) is 20.1 Å². The van der Waals surface area contributed by atoms with E-state index in [4.69, 9.17) is 0 Å². The van der Waals surface area contributed by atoms with Crippen LogP contribution in [0.15, 0.2) is 24.3 Å². The second kappa shape index (κ2) is 7.49. The molecule has 3 N–H and O–H groups in total. The SMILES string of the molecule is CNC(=O)C(C)(C)NCC1(O)CCCN(Cc2ccccc2F)C1=O. The predicted octanol–water partition coefficient (Wildman–Crippen LogP) is 0.793. The number of hydrogen-bond acceptors (Lipinski definition) is 4. The minimum atomic E-state index is -1.60. The summed E-state index contributed by atoms with van der Waals surface area (Å²) in [6.07, 6.45) is 0.912. The molecule has 2 rings (SSSR count). The van der Waals surface area contributed by atoms with Crippen LogP contribution in [-0.2, 0) is 16.1 Å². The first-order valence-electron chi connectivity index (χ1n) is 8.42. The highest BCUT2D eigenvalue weighted by Gasteiger charge is 2.43. The van der Waals surface area contributed by atoms with Crippen LogP contribution in [0.25, 0.3) is 0 Å². The summed E-state index contributed by atoms with van der Waals surface area (Å²) in [6, 6.07) is 6.29. The van der Waals surface area contributed by atoms with Gasteiger partial charge in [0.25, 0.3) is 5.91 Å². The molecule has 1 aliphatic heterocycles. The van der Waals surface area contributed by atoms with E-state index in [0.717, 1.165) is 0 Å². The lowest BCUT2D eigenvalue weighted by Gasteiger charge is -2.40. The molecule has 1 aromatic carbocycles. The van der Waals surface area contributed by atoms with E-state index in [1.54, 1.807) is 32.0 Å². The summed E-state index contributed by atoms with van der Waals surface area (Å²) in [4.78, 5) is 26.0. The molecule has 0 radical (unpaired) electrons. The largest absolute Gasteiger partial charge is 0.379 e. The molecule has 6 nitrogen and oxygen atoms in total. The van der Waals surface area contributed by atoms with Crippen LogP contribution in [0.5, 0.6) is 0 Å². The number of benzene rings is 1. The molecule has 1 fully saturated rings. The second-order valence-electron chi connectivity index (χ2n) is 7.01. The smallest absolute Gasteiger partial charge is 0.256 e. The Hall–Kier alpha value is -1.99. The van der Waals surface area contributed by atoms with Crippen LogP contribution < -0.4 is 10.6 Å². The third-order valence-corrected chi connectivity index (χ3v) is 4.64. The second-order valence-corrected chi connectivity index (χ2v) is 7.01. The van der Waals surface area contributed by atoms with Gasteiger partial charge in [-0.15, -0.1) is 0 Å². The van der Waals surface area contributed by atoms with Crippen LogP contribution in [0.4, 0.5) is 4.39 Å². The summed E-state index contributed by atoms with van der Waals surface area (Å²) in [7, 11) is 1.53. The summed E-state index contributed by atoms with van der Waals surface area (Å²) >= 11 is 0. The van der Waals surface area contributed by atoms with Gasteiger partial charge in [0.2, 0.25) is 5.91 Å². The van der Waals surface area contributed by atoms with Crippen molar-refractivity contribution in [1.29, 1.82) is 0 Å². The zero-order valence-corrected chi connectivity index (χ0v) is 14.9. The van der Waals surface area contributed by atoms with Crippen LogP contribution in [-0.4, -0.2) is 53.1 Å². The summed E-state index contributed by atoms with van der Waals surface area (Å²) in [6.45, 7) is 3.90. The molecule has 0 saturated carbocycles. The highest BCUT2D eigenvalue weighted by Crippen LogP contribution is 2.25. The average Bonchev–Trinajstić information content (AvgIpc) is 2.58. The lowest BCUT2D eigenvalue weighted by molar-refractivity contribution is -0.158. The van der Waals surface area contributed by atoms with E-state index in [9.17, 15) is 19.1 Å². The van der Waals surface area contributed by atoms with Gasteiger partial charge in [0.05, 0.1) is 5.54 Å². The molecule has 1 aliphatic rings. The van der Waals surface area contributed by atoms with Gasteiger partial charge in [-0.3, -0.25) is 9.59 Å². The first kappa shape index (κ1) is 19.3. The number of piperidine rings is 1. The molecule has 25 heavy (non-hydrogen) atoms. The molecule has 138 valence electrons. The molecule has 7 heteroatoms. The molecule has 0 bridgehead atoms. The minimum absolute atomic E-state index is 0.0416. The Morgan fingerprint density at radius 3 is 2.72 bits per heavy atom. The molecule has 1 aromatic rings. The van der Waals surface area contributed by atoms with Crippen molar-refractivity contribution in [2.45, 2.75) is 44.4 Å². The number of carbonyl (C=O) groups excluding carboxylic acids is 2. The van der Waals surface area contributed by atoms with Gasteiger partial charge in [0.15, 0.2) is 5.60 Å². The van der Waals surface area contributed by atoms with E-state index < -0.39 is 17.0 Å². The lowest BCUT2D eigenvalue weighted by atomic mass is 9.90. The number of aliphatic hydroxyl groups is 1. The van der Waals surface area contributed by atoms with Crippen LogP contribution in [0, 0.1) is 5.82 Å². The third kappa shape index (κ3) is 4.35. The standard InChI is InChI=1S/C18H26FN3O3/c1-17(2,15(23)20-3)21-12-18(25)9-6-10-22(16(18)24)11-13-7-4-5-8-14(13)19/h4-5,7-8,21,25H,6,9-12H2,1-3H3,(H,20,23). The van der Waals surface area contributed by atoms with Gasteiger partial charge in [0, 0.05) is 32.2 Å². The van der Waals surface area contributed by atoms with Gasteiger partial charge in [0.1, 0.15) is 5.82 Å². The number of likely N-dealkylation sites (N-methyl/N-ethyl adjacent to an activating group) is 1. The highest BCUT2D eigenvalue weighted by atomic mass is 19.1. The first-order chi connectivity index (χ1) is 11.7. The molecule has 0 spiro atoms. The number of nitrogens with zero attached hydrogens (tertiary/aromatic N) is 1. The number of halogens is 1. The number of amides is 2. The fourth-order valence-corrected chi connectivity index (χ4v) is 2.97. The number of β-amino-alcohol motifs (C(OH)–C–C–N with tert-alkyl or cyclic N) is 1. The monoisotopic (exact) mass is 351 g/mol. The molecular weight excluding hydrogens is 325 g/mol. The van der Waals surface area contributed by atoms with Gasteiger partial charge in [-0.1, -0.05) is 18.2 Å². The minimum Gasteiger partial charge on any atom is -0.379 e. The van der Waals surface area contributed by atoms with Crippen LogP contribution in [0.3, 0.4) is 0 Å². The fourth-order valence-electron chi connectivity index (χ4n) is 2.97.